The fourth-order valence-electron chi connectivity index (χ4n) is 2.05. The van der Waals surface area contributed by atoms with Crippen LogP contribution in [0.1, 0.15) is 31.2 Å². The normalized spacial score (nSPS) is 14.6. The van der Waals surface area contributed by atoms with E-state index in [1.165, 1.54) is 18.9 Å². The summed E-state index contributed by atoms with van der Waals surface area (Å²) >= 11 is 0. The molecule has 0 aliphatic heterocycles. The maximum atomic E-state index is 13.2. The Labute approximate surface area is 124 Å². The van der Waals surface area contributed by atoms with Crippen molar-refractivity contribution in [2.45, 2.75) is 30.6 Å². The van der Waals surface area contributed by atoms with Gasteiger partial charge < -0.3 is 5.11 Å². The summed E-state index contributed by atoms with van der Waals surface area (Å²) in [4.78, 5) is -0.0590. The third-order valence-electron chi connectivity index (χ3n) is 3.31. The van der Waals surface area contributed by atoms with E-state index < -0.39 is 22.4 Å². The van der Waals surface area contributed by atoms with Gasteiger partial charge in [-0.2, -0.15) is 0 Å². The molecule has 0 atom stereocenters. The highest BCUT2D eigenvalue weighted by Gasteiger charge is 2.21. The first-order valence-corrected chi connectivity index (χ1v) is 8.40. The smallest absolute Gasteiger partial charge is 0.241 e. The van der Waals surface area contributed by atoms with E-state index in [1.807, 2.05) is 0 Å². The van der Waals surface area contributed by atoms with E-state index in [-0.39, 0.29) is 10.5 Å². The molecule has 1 saturated carbocycles. The molecule has 0 spiro atoms. The predicted molar refractivity (Wildman–Crippen MR) is 77.5 cm³/mol. The van der Waals surface area contributed by atoms with Gasteiger partial charge in [-0.05, 0) is 37.0 Å². The van der Waals surface area contributed by atoms with E-state index >= 15 is 0 Å². The lowest BCUT2D eigenvalue weighted by Gasteiger charge is -2.08. The van der Waals surface area contributed by atoms with Crippen LogP contribution in [-0.2, 0) is 10.0 Å². The van der Waals surface area contributed by atoms with Crippen LogP contribution in [-0.4, -0.2) is 26.7 Å². The number of aliphatic hydroxyl groups is 1. The van der Waals surface area contributed by atoms with Crippen molar-refractivity contribution in [2.24, 2.45) is 5.92 Å². The molecular weight excluding hydrogens is 293 g/mol. The summed E-state index contributed by atoms with van der Waals surface area (Å²) in [7, 11) is -3.72. The fourth-order valence-corrected chi connectivity index (χ4v) is 3.27. The Balaban J connectivity index is 2.09. The number of sulfonamides is 1. The molecule has 0 heterocycles. The van der Waals surface area contributed by atoms with E-state index in [2.05, 4.69) is 16.6 Å². The van der Waals surface area contributed by atoms with E-state index in [1.54, 1.807) is 0 Å². The lowest BCUT2D eigenvalue weighted by atomic mass is 10.2. The second kappa shape index (κ2) is 7.03. The number of hydrogen-bond acceptors (Lipinski definition) is 3. The van der Waals surface area contributed by atoms with Gasteiger partial charge in [0.05, 0.1) is 4.90 Å². The van der Waals surface area contributed by atoms with Crippen molar-refractivity contribution in [3.8, 4) is 11.8 Å². The van der Waals surface area contributed by atoms with Gasteiger partial charge >= 0.3 is 0 Å². The SMILES string of the molecule is O=S(=O)(NCCCC1CC1)c1ccc(F)cc1C#CCO. The van der Waals surface area contributed by atoms with E-state index in [4.69, 9.17) is 5.11 Å². The molecule has 6 heteroatoms. The summed E-state index contributed by atoms with van der Waals surface area (Å²) < 4.78 is 40.2. The first-order valence-electron chi connectivity index (χ1n) is 6.92. The van der Waals surface area contributed by atoms with Gasteiger partial charge in [0.15, 0.2) is 0 Å². The summed E-state index contributed by atoms with van der Waals surface area (Å²) in [5.41, 5.74) is 0.0544. The zero-order chi connectivity index (χ0) is 15.3. The van der Waals surface area contributed by atoms with Crippen LogP contribution in [0, 0.1) is 23.6 Å². The predicted octanol–water partition coefficient (Wildman–Crippen LogP) is 1.64. The maximum Gasteiger partial charge on any atom is 0.241 e. The molecule has 1 aromatic rings. The van der Waals surface area contributed by atoms with Crippen LogP contribution < -0.4 is 4.72 Å². The van der Waals surface area contributed by atoms with E-state index in [0.717, 1.165) is 30.9 Å². The minimum atomic E-state index is -3.72. The fraction of sp³-hybridized carbons (Fsp3) is 0.467. The maximum absolute atomic E-state index is 13.2. The molecule has 0 radical (unpaired) electrons. The first-order chi connectivity index (χ1) is 10.0. The summed E-state index contributed by atoms with van der Waals surface area (Å²) in [6.07, 6.45) is 4.31. The molecule has 2 rings (SSSR count). The standard InChI is InChI=1S/C15H18FNO3S/c16-14-7-8-15(13(11-14)4-2-10-18)21(19,20)17-9-1-3-12-5-6-12/h7-8,11-12,17-18H,1,3,5-6,9-10H2. The molecule has 0 aromatic heterocycles. The Morgan fingerprint density at radius 3 is 2.81 bits per heavy atom. The van der Waals surface area contributed by atoms with Crippen molar-refractivity contribution >= 4 is 10.0 Å². The van der Waals surface area contributed by atoms with Crippen molar-refractivity contribution in [3.05, 3.63) is 29.6 Å². The van der Waals surface area contributed by atoms with Crippen molar-refractivity contribution in [3.63, 3.8) is 0 Å². The second-order valence-electron chi connectivity index (χ2n) is 5.08. The van der Waals surface area contributed by atoms with Crippen LogP contribution in [0.4, 0.5) is 4.39 Å². The Kier molecular flexibility index (Phi) is 5.34. The Hall–Kier alpha value is -1.42. The molecule has 1 aromatic carbocycles. The molecule has 4 nitrogen and oxygen atoms in total. The number of nitrogens with one attached hydrogen (secondary N) is 1. The van der Waals surface area contributed by atoms with Crippen molar-refractivity contribution in [2.75, 3.05) is 13.2 Å². The van der Waals surface area contributed by atoms with Crippen LogP contribution in [0.15, 0.2) is 23.1 Å². The molecule has 0 saturated heterocycles. The Morgan fingerprint density at radius 2 is 2.14 bits per heavy atom. The van der Waals surface area contributed by atoms with Crippen molar-refractivity contribution in [1.82, 2.24) is 4.72 Å². The average Bonchev–Trinajstić information content (AvgIpc) is 3.25. The molecule has 21 heavy (non-hydrogen) atoms. The monoisotopic (exact) mass is 311 g/mol. The van der Waals surface area contributed by atoms with Crippen LogP contribution in [0.3, 0.4) is 0 Å². The number of rotatable bonds is 6. The van der Waals surface area contributed by atoms with E-state index in [9.17, 15) is 12.8 Å². The molecule has 2 N–H and O–H groups in total. The average molecular weight is 311 g/mol. The molecular formula is C15H18FNO3S. The molecule has 1 fully saturated rings. The number of aliphatic hydroxyl groups excluding tert-OH is 1. The van der Waals surface area contributed by atoms with Gasteiger partial charge in [-0.1, -0.05) is 24.7 Å². The van der Waals surface area contributed by atoms with Gasteiger partial charge in [0.25, 0.3) is 0 Å². The van der Waals surface area contributed by atoms with Crippen LogP contribution in [0.2, 0.25) is 0 Å². The highest BCUT2D eigenvalue weighted by atomic mass is 32.2. The van der Waals surface area contributed by atoms with Crippen LogP contribution in [0.5, 0.6) is 0 Å². The minimum absolute atomic E-state index is 0.0544. The molecule has 1 aliphatic carbocycles. The highest BCUT2D eigenvalue weighted by Crippen LogP contribution is 2.33. The van der Waals surface area contributed by atoms with Gasteiger partial charge in [0.2, 0.25) is 10.0 Å². The van der Waals surface area contributed by atoms with Crippen LogP contribution in [0.25, 0.3) is 0 Å². The summed E-state index contributed by atoms with van der Waals surface area (Å²) in [5, 5.41) is 8.69. The van der Waals surface area contributed by atoms with E-state index in [0.29, 0.717) is 6.54 Å². The number of halogens is 1. The van der Waals surface area contributed by atoms with Gasteiger partial charge in [0.1, 0.15) is 12.4 Å². The zero-order valence-electron chi connectivity index (χ0n) is 11.6. The number of benzene rings is 1. The van der Waals surface area contributed by atoms with Crippen LogP contribution >= 0.6 is 0 Å². The lowest BCUT2D eigenvalue weighted by Crippen LogP contribution is -2.25. The van der Waals surface area contributed by atoms with Crippen molar-refractivity contribution < 1.29 is 17.9 Å². The molecule has 0 bridgehead atoms. The summed E-state index contributed by atoms with van der Waals surface area (Å²) in [5.74, 6) is 5.00. The largest absolute Gasteiger partial charge is 0.384 e. The molecule has 0 unspecified atom stereocenters. The topological polar surface area (TPSA) is 66.4 Å². The van der Waals surface area contributed by atoms with Gasteiger partial charge in [-0.25, -0.2) is 17.5 Å². The van der Waals surface area contributed by atoms with Gasteiger partial charge in [-0.3, -0.25) is 0 Å². The van der Waals surface area contributed by atoms with Crippen molar-refractivity contribution in [1.29, 1.82) is 0 Å². The van der Waals surface area contributed by atoms with Gasteiger partial charge in [0, 0.05) is 12.1 Å². The Morgan fingerprint density at radius 1 is 1.38 bits per heavy atom. The zero-order valence-corrected chi connectivity index (χ0v) is 12.4. The summed E-state index contributed by atoms with van der Waals surface area (Å²) in [6.45, 7) is -0.0477. The second-order valence-corrected chi connectivity index (χ2v) is 6.82. The molecule has 1 aliphatic rings. The number of hydrogen-bond donors (Lipinski definition) is 2. The highest BCUT2D eigenvalue weighted by molar-refractivity contribution is 7.89. The lowest BCUT2D eigenvalue weighted by molar-refractivity contribution is 0.350. The van der Waals surface area contributed by atoms with Gasteiger partial charge in [-0.15, -0.1) is 0 Å². The molecule has 114 valence electrons. The third kappa shape index (κ3) is 4.81. The molecule has 0 amide bonds. The summed E-state index contributed by atoms with van der Waals surface area (Å²) in [6, 6.07) is 3.34. The minimum Gasteiger partial charge on any atom is -0.384 e. The Bertz CT molecular complexity index is 657. The quantitative estimate of drug-likeness (QED) is 0.620. The first kappa shape index (κ1) is 16.0. The third-order valence-corrected chi connectivity index (χ3v) is 4.83.